The van der Waals surface area contributed by atoms with E-state index < -0.39 is 5.97 Å². The van der Waals surface area contributed by atoms with Gasteiger partial charge in [-0.1, -0.05) is 21.1 Å². The van der Waals surface area contributed by atoms with Crippen molar-refractivity contribution in [3.8, 4) is 17.1 Å². The summed E-state index contributed by atoms with van der Waals surface area (Å²) in [6.45, 7) is 1.73. The molecule has 6 nitrogen and oxygen atoms in total. The van der Waals surface area contributed by atoms with Crippen LogP contribution in [-0.4, -0.2) is 23.2 Å². The van der Waals surface area contributed by atoms with Crippen LogP contribution < -0.4 is 4.74 Å². The van der Waals surface area contributed by atoms with Crippen molar-refractivity contribution in [2.45, 2.75) is 13.5 Å². The van der Waals surface area contributed by atoms with Crippen LogP contribution in [0.1, 0.15) is 21.8 Å². The van der Waals surface area contributed by atoms with Gasteiger partial charge in [0.15, 0.2) is 6.61 Å². The van der Waals surface area contributed by atoms with Gasteiger partial charge in [0.1, 0.15) is 5.75 Å². The quantitative estimate of drug-likeness (QED) is 0.596. The van der Waals surface area contributed by atoms with E-state index in [4.69, 9.17) is 14.0 Å². The maximum atomic E-state index is 12.2. The number of nitrogens with zero attached hydrogens (tertiary/aromatic N) is 2. The molecule has 0 bridgehead atoms. The summed E-state index contributed by atoms with van der Waals surface area (Å²) in [7, 11) is 1.57. The first-order valence-electron chi connectivity index (χ1n) is 7.47. The Morgan fingerprint density at radius 2 is 1.96 bits per heavy atom. The van der Waals surface area contributed by atoms with Gasteiger partial charge < -0.3 is 14.0 Å². The van der Waals surface area contributed by atoms with Crippen molar-refractivity contribution < 1.29 is 18.8 Å². The van der Waals surface area contributed by atoms with E-state index in [-0.39, 0.29) is 12.5 Å². The number of ether oxygens (including phenoxy) is 2. The molecule has 25 heavy (non-hydrogen) atoms. The monoisotopic (exact) mass is 402 g/mol. The van der Waals surface area contributed by atoms with E-state index >= 15 is 0 Å². The highest BCUT2D eigenvalue weighted by Gasteiger charge is 2.14. The first kappa shape index (κ1) is 17.2. The van der Waals surface area contributed by atoms with E-state index in [1.807, 2.05) is 31.2 Å². The van der Waals surface area contributed by atoms with Crippen molar-refractivity contribution in [1.29, 1.82) is 0 Å². The van der Waals surface area contributed by atoms with Gasteiger partial charge in [0.2, 0.25) is 5.82 Å². The van der Waals surface area contributed by atoms with Crippen LogP contribution in [0.5, 0.6) is 5.75 Å². The lowest BCUT2D eigenvalue weighted by Gasteiger charge is -2.07. The van der Waals surface area contributed by atoms with Crippen molar-refractivity contribution in [1.82, 2.24) is 10.1 Å². The van der Waals surface area contributed by atoms with Crippen molar-refractivity contribution in [2.75, 3.05) is 7.11 Å². The van der Waals surface area contributed by atoms with Crippen LogP contribution in [0, 0.1) is 6.92 Å². The molecule has 128 valence electrons. The molecule has 2 aromatic carbocycles. The summed E-state index contributed by atoms with van der Waals surface area (Å²) in [5.74, 6) is 0.908. The van der Waals surface area contributed by atoms with E-state index in [1.54, 1.807) is 25.3 Å². The molecule has 1 aromatic heterocycles. The molecular formula is C18H15BrN2O4. The van der Waals surface area contributed by atoms with Crippen molar-refractivity contribution in [3.05, 3.63) is 64.0 Å². The second kappa shape index (κ2) is 7.48. The largest absolute Gasteiger partial charge is 0.497 e. The molecule has 1 heterocycles. The zero-order valence-electron chi connectivity index (χ0n) is 13.7. The molecule has 0 amide bonds. The topological polar surface area (TPSA) is 74.5 Å². The molecule has 0 aliphatic heterocycles. The highest BCUT2D eigenvalue weighted by molar-refractivity contribution is 9.10. The molecule has 0 saturated heterocycles. The van der Waals surface area contributed by atoms with Crippen LogP contribution in [-0.2, 0) is 11.3 Å². The molecule has 3 rings (SSSR count). The zero-order valence-corrected chi connectivity index (χ0v) is 15.2. The summed E-state index contributed by atoms with van der Waals surface area (Å²) in [5, 5.41) is 3.90. The number of rotatable bonds is 5. The number of carbonyl (C=O) groups is 1. The van der Waals surface area contributed by atoms with Gasteiger partial charge >= 0.3 is 5.97 Å². The van der Waals surface area contributed by atoms with Crippen LogP contribution in [0.4, 0.5) is 0 Å². The molecule has 0 N–H and O–H groups in total. The summed E-state index contributed by atoms with van der Waals surface area (Å²) in [5.41, 5.74) is 2.05. The van der Waals surface area contributed by atoms with Crippen LogP contribution in [0.15, 0.2) is 51.5 Å². The van der Waals surface area contributed by atoms with Crippen LogP contribution in [0.25, 0.3) is 11.4 Å². The minimum atomic E-state index is -0.455. The number of aryl methyl sites for hydroxylation is 1. The predicted molar refractivity (Wildman–Crippen MR) is 94.3 cm³/mol. The lowest BCUT2D eigenvalue weighted by Crippen LogP contribution is -2.07. The number of carbonyl (C=O) groups excluding carboxylic acids is 1. The summed E-state index contributed by atoms with van der Waals surface area (Å²) in [6.07, 6.45) is 0. The Kier molecular flexibility index (Phi) is 5.14. The Labute approximate surface area is 152 Å². The predicted octanol–water partition coefficient (Wildman–Crippen LogP) is 4.17. The average molecular weight is 403 g/mol. The number of hydrogen-bond donors (Lipinski definition) is 0. The molecule has 0 spiro atoms. The Morgan fingerprint density at radius 3 is 2.64 bits per heavy atom. The summed E-state index contributed by atoms with van der Waals surface area (Å²) >= 11 is 3.37. The van der Waals surface area contributed by atoms with Gasteiger partial charge in [-0.05, 0) is 55.0 Å². The molecule has 3 aromatic rings. The second-order valence-corrected chi connectivity index (χ2v) is 6.19. The molecule has 0 aliphatic rings. The first-order valence-corrected chi connectivity index (χ1v) is 8.26. The number of esters is 1. The lowest BCUT2D eigenvalue weighted by molar-refractivity contribution is 0.0429. The van der Waals surface area contributed by atoms with Crippen molar-refractivity contribution >= 4 is 21.9 Å². The van der Waals surface area contributed by atoms with Gasteiger partial charge in [-0.3, -0.25) is 0 Å². The molecule has 0 unspecified atom stereocenters. The minimum absolute atomic E-state index is 0.0895. The molecule has 0 radical (unpaired) electrons. The van der Waals surface area contributed by atoms with Crippen LogP contribution in [0.2, 0.25) is 0 Å². The normalized spacial score (nSPS) is 10.5. The molecular weight excluding hydrogens is 388 g/mol. The fourth-order valence-corrected chi connectivity index (χ4v) is 2.49. The third kappa shape index (κ3) is 4.06. The molecule has 0 fully saturated rings. The first-order chi connectivity index (χ1) is 12.1. The standard InChI is InChI=1S/C18H15BrN2O4/c1-11-9-14(23-2)7-8-15(11)18(22)24-10-16-20-17(21-25-16)12-3-5-13(19)6-4-12/h3-9H,10H2,1-2H3. The molecule has 0 atom stereocenters. The number of methoxy groups -OCH3 is 1. The summed E-state index contributed by atoms with van der Waals surface area (Å²) in [6, 6.07) is 12.7. The van der Waals surface area contributed by atoms with Gasteiger partial charge in [-0.15, -0.1) is 0 Å². The molecule has 0 aliphatic carbocycles. The number of benzene rings is 2. The lowest BCUT2D eigenvalue weighted by atomic mass is 10.1. The van der Waals surface area contributed by atoms with E-state index in [1.165, 1.54) is 0 Å². The van der Waals surface area contributed by atoms with Gasteiger partial charge in [0.05, 0.1) is 12.7 Å². The number of halogens is 1. The van der Waals surface area contributed by atoms with Crippen molar-refractivity contribution in [3.63, 3.8) is 0 Å². The maximum absolute atomic E-state index is 12.2. The third-order valence-electron chi connectivity index (χ3n) is 3.55. The van der Waals surface area contributed by atoms with Crippen LogP contribution in [0.3, 0.4) is 0 Å². The summed E-state index contributed by atoms with van der Waals surface area (Å²) in [4.78, 5) is 16.4. The van der Waals surface area contributed by atoms with Gasteiger partial charge in [0, 0.05) is 10.0 Å². The number of hydrogen-bond acceptors (Lipinski definition) is 6. The SMILES string of the molecule is COc1ccc(C(=O)OCc2nc(-c3ccc(Br)cc3)no2)c(C)c1. The Balaban J connectivity index is 1.66. The maximum Gasteiger partial charge on any atom is 0.338 e. The Bertz CT molecular complexity index is 890. The van der Waals surface area contributed by atoms with Crippen LogP contribution >= 0.6 is 15.9 Å². The fourth-order valence-electron chi connectivity index (χ4n) is 2.23. The number of aromatic nitrogens is 2. The summed E-state index contributed by atoms with van der Waals surface area (Å²) < 4.78 is 16.5. The minimum Gasteiger partial charge on any atom is -0.497 e. The molecule has 7 heteroatoms. The van der Waals surface area contributed by atoms with E-state index in [0.717, 1.165) is 15.6 Å². The second-order valence-electron chi connectivity index (χ2n) is 5.28. The third-order valence-corrected chi connectivity index (χ3v) is 4.08. The van der Waals surface area contributed by atoms with Crippen molar-refractivity contribution in [2.24, 2.45) is 0 Å². The Hall–Kier alpha value is -2.67. The van der Waals surface area contributed by atoms with E-state index in [0.29, 0.717) is 17.1 Å². The van der Waals surface area contributed by atoms with Gasteiger partial charge in [0.25, 0.3) is 5.89 Å². The highest BCUT2D eigenvalue weighted by atomic mass is 79.9. The molecule has 0 saturated carbocycles. The van der Waals surface area contributed by atoms with Gasteiger partial charge in [-0.25, -0.2) is 4.79 Å². The Morgan fingerprint density at radius 1 is 1.20 bits per heavy atom. The highest BCUT2D eigenvalue weighted by Crippen LogP contribution is 2.20. The van der Waals surface area contributed by atoms with Gasteiger partial charge in [-0.2, -0.15) is 4.98 Å². The average Bonchev–Trinajstić information content (AvgIpc) is 3.09. The zero-order chi connectivity index (χ0) is 17.8. The smallest absolute Gasteiger partial charge is 0.338 e. The van der Waals surface area contributed by atoms with E-state index in [2.05, 4.69) is 26.1 Å². The fraction of sp³-hybridized carbons (Fsp3) is 0.167. The van der Waals surface area contributed by atoms with E-state index in [9.17, 15) is 4.79 Å².